The highest BCUT2D eigenvalue weighted by Gasteiger charge is 1.93. The minimum absolute atomic E-state index is 0.131. The molecule has 2 heteroatoms. The number of rotatable bonds is 1. The predicted octanol–water partition coefficient (Wildman–Crippen LogP) is 1.90. The molecule has 2 N–H and O–H groups in total. The summed E-state index contributed by atoms with van der Waals surface area (Å²) >= 11 is 0. The number of benzene rings is 1. The van der Waals surface area contributed by atoms with Crippen molar-refractivity contribution in [3.63, 3.8) is 0 Å². The Labute approximate surface area is 59.1 Å². The van der Waals surface area contributed by atoms with E-state index < -0.39 is 0 Å². The Morgan fingerprint density at radius 3 is 2.50 bits per heavy atom. The van der Waals surface area contributed by atoms with Crippen LogP contribution in [-0.2, 0) is 0 Å². The summed E-state index contributed by atoms with van der Waals surface area (Å²) in [5.41, 5.74) is 0.584. The van der Waals surface area contributed by atoms with Crippen LogP contribution in [0.1, 0.15) is 5.56 Å². The van der Waals surface area contributed by atoms with Crippen molar-refractivity contribution in [3.8, 4) is 0 Å². The molecule has 0 aliphatic rings. The number of aliphatic hydroxyl groups excluding tert-OH is 2. The van der Waals surface area contributed by atoms with Crippen LogP contribution < -0.4 is 0 Å². The lowest BCUT2D eigenvalue weighted by Gasteiger charge is -1.94. The molecule has 0 saturated heterocycles. The van der Waals surface area contributed by atoms with Crippen LogP contribution in [0.25, 0.3) is 5.76 Å². The van der Waals surface area contributed by atoms with Gasteiger partial charge in [-0.15, -0.1) is 0 Å². The number of hydrogen-bond donors (Lipinski definition) is 2. The van der Waals surface area contributed by atoms with Gasteiger partial charge < -0.3 is 10.2 Å². The van der Waals surface area contributed by atoms with Crippen molar-refractivity contribution < 1.29 is 10.2 Å². The molecule has 0 saturated carbocycles. The minimum atomic E-state index is -0.131. The minimum Gasteiger partial charge on any atom is -0.512 e. The van der Waals surface area contributed by atoms with Crippen molar-refractivity contribution in [2.75, 3.05) is 0 Å². The Kier molecular flexibility index (Phi) is 1.95. The van der Waals surface area contributed by atoms with Gasteiger partial charge in [-0.3, -0.25) is 0 Å². The van der Waals surface area contributed by atoms with Gasteiger partial charge >= 0.3 is 0 Å². The number of hydrogen-bond acceptors (Lipinski definition) is 2. The van der Waals surface area contributed by atoms with Crippen LogP contribution in [0.5, 0.6) is 0 Å². The Morgan fingerprint density at radius 1 is 1.40 bits per heavy atom. The second kappa shape index (κ2) is 2.92. The fraction of sp³-hybridized carbons (Fsp3) is 0. The van der Waals surface area contributed by atoms with Crippen LogP contribution >= 0.6 is 0 Å². The average Bonchev–Trinajstić information content (AvgIpc) is 2.05. The van der Waals surface area contributed by atoms with Gasteiger partial charge in [0.25, 0.3) is 0 Å². The summed E-state index contributed by atoms with van der Waals surface area (Å²) in [5, 5.41) is 17.3. The van der Waals surface area contributed by atoms with Gasteiger partial charge in [0, 0.05) is 5.56 Å². The van der Waals surface area contributed by atoms with Crippen molar-refractivity contribution in [3.05, 3.63) is 42.2 Å². The van der Waals surface area contributed by atoms with Gasteiger partial charge in [0.15, 0.2) is 5.76 Å². The van der Waals surface area contributed by atoms with E-state index in [-0.39, 0.29) is 5.76 Å². The molecule has 0 fully saturated rings. The van der Waals surface area contributed by atoms with E-state index in [4.69, 9.17) is 10.2 Å². The molecule has 0 amide bonds. The van der Waals surface area contributed by atoms with Crippen molar-refractivity contribution in [1.29, 1.82) is 0 Å². The maximum absolute atomic E-state index is 8.93. The van der Waals surface area contributed by atoms with Gasteiger partial charge in [0.05, 0.1) is 0 Å². The maximum Gasteiger partial charge on any atom is 0.157 e. The highest BCUT2D eigenvalue weighted by atomic mass is 16.3. The SMILES string of the molecule is OC=C(O)c1cc[c]cc1. The maximum atomic E-state index is 8.93. The third kappa shape index (κ3) is 1.29. The normalized spacial score (nSPS) is 11.4. The van der Waals surface area contributed by atoms with Crippen molar-refractivity contribution in [1.82, 2.24) is 0 Å². The predicted molar refractivity (Wildman–Crippen MR) is 38.5 cm³/mol. The van der Waals surface area contributed by atoms with Crippen LogP contribution in [0.3, 0.4) is 0 Å². The smallest absolute Gasteiger partial charge is 0.157 e. The molecule has 0 aromatic heterocycles. The monoisotopic (exact) mass is 135 g/mol. The Morgan fingerprint density at radius 2 is 2.00 bits per heavy atom. The highest BCUT2D eigenvalue weighted by molar-refractivity contribution is 5.56. The van der Waals surface area contributed by atoms with Crippen molar-refractivity contribution >= 4 is 5.76 Å². The largest absolute Gasteiger partial charge is 0.512 e. The van der Waals surface area contributed by atoms with E-state index in [0.29, 0.717) is 11.8 Å². The second-order valence-corrected chi connectivity index (χ2v) is 1.80. The Hall–Kier alpha value is -1.44. The van der Waals surface area contributed by atoms with Crippen molar-refractivity contribution in [2.24, 2.45) is 0 Å². The molecule has 1 rings (SSSR count). The zero-order chi connectivity index (χ0) is 7.40. The fourth-order valence-corrected chi connectivity index (χ4v) is 0.632. The van der Waals surface area contributed by atoms with E-state index in [0.717, 1.165) is 0 Å². The van der Waals surface area contributed by atoms with Gasteiger partial charge in [-0.05, 0) is 6.07 Å². The molecule has 10 heavy (non-hydrogen) atoms. The molecule has 0 aliphatic carbocycles. The zero-order valence-electron chi connectivity index (χ0n) is 5.28. The third-order valence-electron chi connectivity index (χ3n) is 1.14. The lowest BCUT2D eigenvalue weighted by Crippen LogP contribution is -1.79. The molecule has 0 spiro atoms. The standard InChI is InChI=1S/C8H7O2/c9-6-8(10)7-4-2-1-3-5-7/h2-6,9-10H. The molecule has 2 nitrogen and oxygen atoms in total. The van der Waals surface area contributed by atoms with Crippen LogP contribution in [0.2, 0.25) is 0 Å². The molecule has 0 aliphatic heterocycles. The van der Waals surface area contributed by atoms with Crippen molar-refractivity contribution in [2.45, 2.75) is 0 Å². The first-order chi connectivity index (χ1) is 4.84. The van der Waals surface area contributed by atoms with Crippen LogP contribution in [0, 0.1) is 6.07 Å². The van der Waals surface area contributed by atoms with E-state index in [1.807, 2.05) is 0 Å². The summed E-state index contributed by atoms with van der Waals surface area (Å²) < 4.78 is 0. The zero-order valence-corrected chi connectivity index (χ0v) is 5.28. The third-order valence-corrected chi connectivity index (χ3v) is 1.14. The van der Waals surface area contributed by atoms with Crippen LogP contribution in [0.4, 0.5) is 0 Å². The van der Waals surface area contributed by atoms with Gasteiger partial charge in [0.1, 0.15) is 6.26 Å². The first-order valence-electron chi connectivity index (χ1n) is 2.84. The van der Waals surface area contributed by atoms with Crippen LogP contribution in [-0.4, -0.2) is 10.2 Å². The first kappa shape index (κ1) is 6.68. The summed E-state index contributed by atoms with van der Waals surface area (Å²) in [6.45, 7) is 0. The number of aliphatic hydroxyl groups is 2. The summed E-state index contributed by atoms with van der Waals surface area (Å²) in [7, 11) is 0. The Balaban J connectivity index is 2.96. The molecular formula is C8H7O2. The quantitative estimate of drug-likeness (QED) is 0.577. The van der Waals surface area contributed by atoms with Gasteiger partial charge in [-0.25, -0.2) is 0 Å². The topological polar surface area (TPSA) is 40.5 Å². The highest BCUT2D eigenvalue weighted by Crippen LogP contribution is 2.07. The van der Waals surface area contributed by atoms with E-state index in [9.17, 15) is 0 Å². The molecule has 1 aromatic carbocycles. The fourth-order valence-electron chi connectivity index (χ4n) is 0.632. The lowest BCUT2D eigenvalue weighted by atomic mass is 10.2. The average molecular weight is 135 g/mol. The van der Waals surface area contributed by atoms with Crippen LogP contribution in [0.15, 0.2) is 30.5 Å². The van der Waals surface area contributed by atoms with Gasteiger partial charge in [0.2, 0.25) is 0 Å². The molecular weight excluding hydrogens is 128 g/mol. The lowest BCUT2D eigenvalue weighted by molar-refractivity contribution is 0.431. The molecule has 1 radical (unpaired) electrons. The second-order valence-electron chi connectivity index (χ2n) is 1.80. The summed E-state index contributed by atoms with van der Waals surface area (Å²) in [4.78, 5) is 0. The molecule has 0 bridgehead atoms. The molecule has 51 valence electrons. The molecule has 1 aromatic rings. The molecule has 0 unspecified atom stereocenters. The Bertz CT molecular complexity index is 226. The summed E-state index contributed by atoms with van der Waals surface area (Å²) in [6, 6.07) is 9.42. The van der Waals surface area contributed by atoms with E-state index >= 15 is 0 Å². The van der Waals surface area contributed by atoms with E-state index in [2.05, 4.69) is 6.07 Å². The molecule has 0 atom stereocenters. The van der Waals surface area contributed by atoms with Gasteiger partial charge in [-0.1, -0.05) is 24.3 Å². The summed E-state index contributed by atoms with van der Waals surface area (Å²) in [6.07, 6.45) is 0.662. The summed E-state index contributed by atoms with van der Waals surface area (Å²) in [5.74, 6) is -0.131. The van der Waals surface area contributed by atoms with E-state index in [1.54, 1.807) is 24.3 Å². The van der Waals surface area contributed by atoms with Gasteiger partial charge in [-0.2, -0.15) is 0 Å². The first-order valence-corrected chi connectivity index (χ1v) is 2.84. The van der Waals surface area contributed by atoms with E-state index in [1.165, 1.54) is 0 Å². The molecule has 0 heterocycles.